The van der Waals surface area contributed by atoms with Crippen LogP contribution in [0.5, 0.6) is 0 Å². The van der Waals surface area contributed by atoms with Gasteiger partial charge in [0.25, 0.3) is 0 Å². The van der Waals surface area contributed by atoms with E-state index in [9.17, 15) is 0 Å². The number of rotatable bonds is 6. The minimum absolute atomic E-state index is 0.450. The van der Waals surface area contributed by atoms with Crippen molar-refractivity contribution in [3.63, 3.8) is 0 Å². The van der Waals surface area contributed by atoms with E-state index in [1.807, 2.05) is 23.1 Å². The lowest BCUT2D eigenvalue weighted by atomic mass is 10.0. The van der Waals surface area contributed by atoms with Crippen LogP contribution < -0.4 is 0 Å². The van der Waals surface area contributed by atoms with E-state index >= 15 is 0 Å². The Kier molecular flexibility index (Phi) is 5.69. The molecular formula is C20H29N3O. The molecule has 24 heavy (non-hydrogen) atoms. The van der Waals surface area contributed by atoms with Gasteiger partial charge in [-0.25, -0.2) is 4.68 Å². The molecule has 0 radical (unpaired) electrons. The Morgan fingerprint density at radius 2 is 2.17 bits per heavy atom. The Morgan fingerprint density at radius 1 is 1.29 bits per heavy atom. The lowest BCUT2D eigenvalue weighted by molar-refractivity contribution is 0.00640. The van der Waals surface area contributed by atoms with Crippen molar-refractivity contribution in [3.05, 3.63) is 47.3 Å². The number of nitrogens with zero attached hydrogens (tertiary/aromatic N) is 3. The van der Waals surface area contributed by atoms with Gasteiger partial charge < -0.3 is 9.64 Å². The van der Waals surface area contributed by atoms with Crippen molar-refractivity contribution in [2.45, 2.75) is 52.2 Å². The molecule has 0 amide bonds. The highest BCUT2D eigenvalue weighted by Gasteiger charge is 2.16. The number of aromatic nitrogens is 2. The van der Waals surface area contributed by atoms with Crippen LogP contribution in [0.2, 0.25) is 0 Å². The molecule has 0 spiro atoms. The first-order valence-electron chi connectivity index (χ1n) is 9.04. The van der Waals surface area contributed by atoms with Gasteiger partial charge in [-0.05, 0) is 75.4 Å². The summed E-state index contributed by atoms with van der Waals surface area (Å²) in [5.74, 6) is 0. The third-order valence-corrected chi connectivity index (χ3v) is 4.88. The van der Waals surface area contributed by atoms with Gasteiger partial charge in [0.1, 0.15) is 0 Å². The van der Waals surface area contributed by atoms with Crippen molar-refractivity contribution in [3.8, 4) is 5.69 Å². The summed E-state index contributed by atoms with van der Waals surface area (Å²) < 4.78 is 7.84. The van der Waals surface area contributed by atoms with Crippen LogP contribution in [0.15, 0.2) is 30.6 Å². The summed E-state index contributed by atoms with van der Waals surface area (Å²) in [5.41, 5.74) is 5.16. The molecular weight excluding hydrogens is 298 g/mol. The standard InChI is InChI=1S/C20H29N3O/c1-16-13-17(2)19(20(14-16)23-10-6-9-21-23)15-22(3)11-8-18-7-4-5-12-24-18/h6,9-10,13-14,18H,4-5,7-8,11-12,15H2,1-3H3. The van der Waals surface area contributed by atoms with Crippen LogP contribution >= 0.6 is 0 Å². The number of hydrogen-bond acceptors (Lipinski definition) is 3. The fraction of sp³-hybridized carbons (Fsp3) is 0.550. The van der Waals surface area contributed by atoms with Gasteiger partial charge >= 0.3 is 0 Å². The predicted molar refractivity (Wildman–Crippen MR) is 97.6 cm³/mol. The van der Waals surface area contributed by atoms with Crippen LogP contribution in [0.1, 0.15) is 42.4 Å². The minimum Gasteiger partial charge on any atom is -0.378 e. The molecule has 0 N–H and O–H groups in total. The quantitative estimate of drug-likeness (QED) is 0.806. The molecule has 2 aromatic rings. The molecule has 1 unspecified atom stereocenters. The Morgan fingerprint density at radius 3 is 2.88 bits per heavy atom. The molecule has 0 bridgehead atoms. The summed E-state index contributed by atoms with van der Waals surface area (Å²) in [4.78, 5) is 2.41. The van der Waals surface area contributed by atoms with Crippen LogP contribution in [0.3, 0.4) is 0 Å². The molecule has 0 aliphatic carbocycles. The summed E-state index contributed by atoms with van der Waals surface area (Å²) in [6, 6.07) is 6.47. The Hall–Kier alpha value is -1.65. The van der Waals surface area contributed by atoms with Crippen LogP contribution in [0.25, 0.3) is 5.69 Å². The minimum atomic E-state index is 0.450. The molecule has 1 aromatic heterocycles. The smallest absolute Gasteiger partial charge is 0.0695 e. The van der Waals surface area contributed by atoms with E-state index in [0.29, 0.717) is 6.10 Å². The average Bonchev–Trinajstić information content (AvgIpc) is 3.10. The number of benzene rings is 1. The number of hydrogen-bond donors (Lipinski definition) is 0. The molecule has 1 atom stereocenters. The van der Waals surface area contributed by atoms with E-state index in [1.54, 1.807) is 0 Å². The van der Waals surface area contributed by atoms with Crippen molar-refractivity contribution < 1.29 is 4.74 Å². The molecule has 1 aliphatic rings. The molecule has 4 heteroatoms. The van der Waals surface area contributed by atoms with E-state index in [0.717, 1.165) is 26.1 Å². The molecule has 2 heterocycles. The van der Waals surface area contributed by atoms with E-state index in [-0.39, 0.29) is 0 Å². The highest BCUT2D eigenvalue weighted by atomic mass is 16.5. The fourth-order valence-corrected chi connectivity index (χ4v) is 3.54. The first-order chi connectivity index (χ1) is 11.6. The van der Waals surface area contributed by atoms with Gasteiger partial charge in [-0.1, -0.05) is 6.07 Å². The van der Waals surface area contributed by atoms with Gasteiger partial charge in [0.2, 0.25) is 0 Å². The van der Waals surface area contributed by atoms with Gasteiger partial charge in [0.15, 0.2) is 0 Å². The summed E-state index contributed by atoms with van der Waals surface area (Å²) in [5, 5.41) is 4.43. The fourth-order valence-electron chi connectivity index (χ4n) is 3.54. The van der Waals surface area contributed by atoms with Crippen LogP contribution in [0, 0.1) is 13.8 Å². The lowest BCUT2D eigenvalue weighted by Gasteiger charge is -2.26. The highest BCUT2D eigenvalue weighted by molar-refractivity contribution is 5.48. The van der Waals surface area contributed by atoms with Gasteiger partial charge in [0.05, 0.1) is 11.8 Å². The van der Waals surface area contributed by atoms with Crippen molar-refractivity contribution in [2.24, 2.45) is 0 Å². The molecule has 1 aliphatic heterocycles. The SMILES string of the molecule is Cc1cc(C)c(CN(C)CCC2CCCCO2)c(-n2cccn2)c1. The number of aryl methyl sites for hydroxylation is 2. The van der Waals surface area contributed by atoms with Crippen molar-refractivity contribution >= 4 is 0 Å². The second-order valence-electron chi connectivity index (χ2n) is 7.05. The van der Waals surface area contributed by atoms with Gasteiger partial charge in [-0.3, -0.25) is 0 Å². The molecule has 4 nitrogen and oxygen atoms in total. The second kappa shape index (κ2) is 7.95. The van der Waals surface area contributed by atoms with Crippen LogP contribution in [-0.2, 0) is 11.3 Å². The van der Waals surface area contributed by atoms with Crippen LogP contribution in [0.4, 0.5) is 0 Å². The largest absolute Gasteiger partial charge is 0.378 e. The molecule has 0 saturated carbocycles. The van der Waals surface area contributed by atoms with E-state index in [2.05, 4.69) is 43.0 Å². The maximum absolute atomic E-state index is 5.86. The number of ether oxygens (including phenoxy) is 1. The highest BCUT2D eigenvalue weighted by Crippen LogP contribution is 2.23. The molecule has 1 aromatic carbocycles. The topological polar surface area (TPSA) is 30.3 Å². The summed E-state index contributed by atoms with van der Waals surface area (Å²) >= 11 is 0. The van der Waals surface area contributed by atoms with Crippen molar-refractivity contribution in [2.75, 3.05) is 20.2 Å². The molecule has 3 rings (SSSR count). The third kappa shape index (κ3) is 4.25. The maximum Gasteiger partial charge on any atom is 0.0695 e. The van der Waals surface area contributed by atoms with E-state index < -0.39 is 0 Å². The molecule has 1 saturated heterocycles. The summed E-state index contributed by atoms with van der Waals surface area (Å²) in [7, 11) is 2.20. The Balaban J connectivity index is 1.69. The third-order valence-electron chi connectivity index (χ3n) is 4.88. The second-order valence-corrected chi connectivity index (χ2v) is 7.05. The van der Waals surface area contributed by atoms with E-state index in [4.69, 9.17) is 4.74 Å². The predicted octanol–water partition coefficient (Wildman–Crippen LogP) is 3.88. The lowest BCUT2D eigenvalue weighted by Crippen LogP contribution is -2.27. The van der Waals surface area contributed by atoms with Gasteiger partial charge in [-0.15, -0.1) is 0 Å². The first kappa shape index (κ1) is 17.2. The normalized spacial score (nSPS) is 18.2. The average molecular weight is 327 g/mol. The van der Waals surface area contributed by atoms with Gasteiger partial charge in [0, 0.05) is 32.1 Å². The zero-order chi connectivity index (χ0) is 16.9. The first-order valence-corrected chi connectivity index (χ1v) is 9.04. The van der Waals surface area contributed by atoms with Crippen LogP contribution in [-0.4, -0.2) is 41.0 Å². The Bertz CT molecular complexity index is 645. The van der Waals surface area contributed by atoms with E-state index in [1.165, 1.54) is 41.6 Å². The van der Waals surface area contributed by atoms with Gasteiger partial charge in [-0.2, -0.15) is 5.10 Å². The monoisotopic (exact) mass is 327 g/mol. The molecule has 130 valence electrons. The maximum atomic E-state index is 5.86. The zero-order valence-electron chi connectivity index (χ0n) is 15.2. The molecule has 1 fully saturated rings. The van der Waals surface area contributed by atoms with Crippen molar-refractivity contribution in [1.29, 1.82) is 0 Å². The Labute approximate surface area is 145 Å². The van der Waals surface area contributed by atoms with Crippen molar-refractivity contribution in [1.82, 2.24) is 14.7 Å². The summed E-state index contributed by atoms with van der Waals surface area (Å²) in [6.07, 6.45) is 9.19. The summed E-state index contributed by atoms with van der Waals surface area (Å²) in [6.45, 7) is 7.29. The zero-order valence-corrected chi connectivity index (χ0v) is 15.2.